The molecule has 0 N–H and O–H groups in total. The van der Waals surface area contributed by atoms with E-state index in [0.29, 0.717) is 10.1 Å². The molecule has 3 aromatic rings. The monoisotopic (exact) mass is 432 g/mol. The van der Waals surface area contributed by atoms with E-state index in [1.807, 2.05) is 79.1 Å². The second-order valence-corrected chi connectivity index (χ2v) is 8.34. The summed E-state index contributed by atoms with van der Waals surface area (Å²) in [7, 11) is 1.63. The number of nitrogens with zero attached hydrogens (tertiary/aromatic N) is 2. The van der Waals surface area contributed by atoms with Gasteiger partial charge in [0, 0.05) is 4.90 Å². The number of para-hydroxylation sites is 1. The lowest BCUT2D eigenvalue weighted by atomic mass is 10.2. The van der Waals surface area contributed by atoms with E-state index in [1.54, 1.807) is 23.8 Å². The Hall–Kier alpha value is -2.96. The summed E-state index contributed by atoms with van der Waals surface area (Å²) < 4.78 is 5.22. The molecule has 4 rings (SSSR count). The molecule has 0 aromatic heterocycles. The van der Waals surface area contributed by atoms with E-state index in [9.17, 15) is 4.79 Å². The Kier molecular flexibility index (Phi) is 6.26. The van der Waals surface area contributed by atoms with Crippen molar-refractivity contribution < 1.29 is 9.53 Å². The Bertz CT molecular complexity index is 1090. The topological polar surface area (TPSA) is 41.9 Å². The first-order valence-electron chi connectivity index (χ1n) is 9.34. The molecule has 30 heavy (non-hydrogen) atoms. The number of hydrogen-bond acceptors (Lipinski definition) is 5. The van der Waals surface area contributed by atoms with Crippen molar-refractivity contribution in [3.63, 3.8) is 0 Å². The van der Waals surface area contributed by atoms with Crippen LogP contribution in [-0.2, 0) is 4.79 Å². The minimum Gasteiger partial charge on any atom is -0.497 e. The maximum absolute atomic E-state index is 13.3. The zero-order valence-corrected chi connectivity index (χ0v) is 18.2. The van der Waals surface area contributed by atoms with Gasteiger partial charge in [-0.25, -0.2) is 4.99 Å². The number of carbonyl (C=O) groups is 1. The van der Waals surface area contributed by atoms with Gasteiger partial charge in [0.05, 0.1) is 23.4 Å². The van der Waals surface area contributed by atoms with Crippen molar-refractivity contribution in [1.29, 1.82) is 0 Å². The Morgan fingerprint density at radius 2 is 1.67 bits per heavy atom. The second-order valence-electron chi connectivity index (χ2n) is 6.45. The van der Waals surface area contributed by atoms with Gasteiger partial charge in [-0.1, -0.05) is 30.3 Å². The zero-order valence-electron chi connectivity index (χ0n) is 16.6. The van der Waals surface area contributed by atoms with Crippen LogP contribution < -0.4 is 9.64 Å². The van der Waals surface area contributed by atoms with E-state index in [1.165, 1.54) is 16.7 Å². The molecule has 6 heteroatoms. The SMILES string of the molecule is COc1ccc(N=C2S/C(=C\c3ccc(SC)cc3)C(=O)N2c2ccccc2)cc1. The van der Waals surface area contributed by atoms with E-state index in [4.69, 9.17) is 9.73 Å². The molecule has 0 aliphatic carbocycles. The highest BCUT2D eigenvalue weighted by Crippen LogP contribution is 2.37. The van der Waals surface area contributed by atoms with Gasteiger partial charge in [-0.15, -0.1) is 11.8 Å². The molecule has 4 nitrogen and oxygen atoms in total. The number of carbonyl (C=O) groups excluding carboxylic acids is 1. The second kappa shape index (κ2) is 9.24. The molecule has 1 fully saturated rings. The van der Waals surface area contributed by atoms with E-state index < -0.39 is 0 Å². The third kappa shape index (κ3) is 4.45. The quantitative estimate of drug-likeness (QED) is 0.354. The van der Waals surface area contributed by atoms with Crippen LogP contribution in [0.1, 0.15) is 5.56 Å². The number of anilines is 1. The van der Waals surface area contributed by atoms with Crippen LogP contribution in [0.4, 0.5) is 11.4 Å². The lowest BCUT2D eigenvalue weighted by Gasteiger charge is -2.15. The summed E-state index contributed by atoms with van der Waals surface area (Å²) in [6.45, 7) is 0. The molecule has 1 amide bonds. The molecule has 0 radical (unpaired) electrons. The van der Waals surface area contributed by atoms with Crippen molar-refractivity contribution in [2.45, 2.75) is 4.90 Å². The molecule has 1 heterocycles. The lowest BCUT2D eigenvalue weighted by Crippen LogP contribution is -2.28. The van der Waals surface area contributed by atoms with E-state index in [0.717, 1.165) is 22.7 Å². The van der Waals surface area contributed by atoms with Gasteiger partial charge in [-0.05, 0) is 78.2 Å². The molecule has 0 spiro atoms. The fourth-order valence-electron chi connectivity index (χ4n) is 2.97. The van der Waals surface area contributed by atoms with Crippen LogP contribution in [0.25, 0.3) is 6.08 Å². The van der Waals surface area contributed by atoms with Gasteiger partial charge in [0.15, 0.2) is 5.17 Å². The van der Waals surface area contributed by atoms with Gasteiger partial charge in [0.25, 0.3) is 5.91 Å². The fraction of sp³-hybridized carbons (Fsp3) is 0.0833. The minimum atomic E-state index is -0.0765. The smallest absolute Gasteiger partial charge is 0.271 e. The van der Waals surface area contributed by atoms with Gasteiger partial charge >= 0.3 is 0 Å². The molecule has 1 aliphatic rings. The number of hydrogen-bond donors (Lipinski definition) is 0. The summed E-state index contributed by atoms with van der Waals surface area (Å²) in [4.78, 5) is 21.5. The average Bonchev–Trinajstić information content (AvgIpc) is 3.10. The van der Waals surface area contributed by atoms with Crippen molar-refractivity contribution >= 4 is 52.0 Å². The van der Waals surface area contributed by atoms with Crippen molar-refractivity contribution in [2.75, 3.05) is 18.3 Å². The Balaban J connectivity index is 1.71. The number of amides is 1. The number of thioether (sulfide) groups is 2. The van der Waals surface area contributed by atoms with Gasteiger partial charge in [0.1, 0.15) is 5.75 Å². The van der Waals surface area contributed by atoms with Gasteiger partial charge in [0.2, 0.25) is 0 Å². The first-order chi connectivity index (χ1) is 14.7. The van der Waals surface area contributed by atoms with Crippen LogP contribution in [0.3, 0.4) is 0 Å². The Morgan fingerprint density at radius 3 is 2.30 bits per heavy atom. The van der Waals surface area contributed by atoms with Crippen LogP contribution in [0.15, 0.2) is 93.7 Å². The molecular formula is C24H20N2O2S2. The first kappa shape index (κ1) is 20.3. The summed E-state index contributed by atoms with van der Waals surface area (Å²) in [5, 5.41) is 0.628. The third-order valence-electron chi connectivity index (χ3n) is 4.53. The molecule has 0 bridgehead atoms. The molecule has 150 valence electrons. The van der Waals surface area contributed by atoms with Crippen LogP contribution in [-0.4, -0.2) is 24.4 Å². The number of benzene rings is 3. The summed E-state index contributed by atoms with van der Waals surface area (Å²) in [5.41, 5.74) is 2.54. The van der Waals surface area contributed by atoms with Gasteiger partial charge < -0.3 is 4.74 Å². The van der Waals surface area contributed by atoms with E-state index >= 15 is 0 Å². The Morgan fingerprint density at radius 1 is 0.967 bits per heavy atom. The Labute approximate surface area is 184 Å². The number of ether oxygens (including phenoxy) is 1. The highest BCUT2D eigenvalue weighted by Gasteiger charge is 2.34. The van der Waals surface area contributed by atoms with E-state index in [2.05, 4.69) is 12.1 Å². The lowest BCUT2D eigenvalue weighted by molar-refractivity contribution is -0.113. The first-order valence-corrected chi connectivity index (χ1v) is 11.4. The normalized spacial score (nSPS) is 16.5. The number of methoxy groups -OCH3 is 1. The summed E-state index contributed by atoms with van der Waals surface area (Å²) in [5.74, 6) is 0.690. The number of aliphatic imine (C=N–C) groups is 1. The number of amidine groups is 1. The van der Waals surface area contributed by atoms with Crippen LogP contribution in [0.2, 0.25) is 0 Å². The molecule has 1 aliphatic heterocycles. The standard InChI is InChI=1S/C24H20N2O2S2/c1-28-20-12-10-18(11-13-20)25-24-26(19-6-4-3-5-7-19)23(27)22(30-24)16-17-8-14-21(29-2)15-9-17/h3-16H,1-2H3/b22-16-,25-24?. The minimum absolute atomic E-state index is 0.0765. The molecule has 0 saturated carbocycles. The van der Waals surface area contributed by atoms with Crippen molar-refractivity contribution in [1.82, 2.24) is 0 Å². The number of rotatable bonds is 5. The highest BCUT2D eigenvalue weighted by molar-refractivity contribution is 8.19. The van der Waals surface area contributed by atoms with Crippen molar-refractivity contribution in [3.8, 4) is 5.75 Å². The average molecular weight is 433 g/mol. The molecule has 3 aromatic carbocycles. The van der Waals surface area contributed by atoms with Crippen LogP contribution in [0, 0.1) is 0 Å². The fourth-order valence-corrected chi connectivity index (χ4v) is 4.38. The molecule has 0 unspecified atom stereocenters. The van der Waals surface area contributed by atoms with Crippen LogP contribution >= 0.6 is 23.5 Å². The zero-order chi connectivity index (χ0) is 20.9. The molecule has 1 saturated heterocycles. The van der Waals surface area contributed by atoms with Crippen molar-refractivity contribution in [3.05, 3.63) is 89.3 Å². The van der Waals surface area contributed by atoms with Crippen molar-refractivity contribution in [2.24, 2.45) is 4.99 Å². The van der Waals surface area contributed by atoms with Crippen LogP contribution in [0.5, 0.6) is 5.75 Å². The summed E-state index contributed by atoms with van der Waals surface area (Å²) >= 11 is 3.08. The maximum atomic E-state index is 13.3. The summed E-state index contributed by atoms with van der Waals surface area (Å²) in [6.07, 6.45) is 3.97. The third-order valence-corrected chi connectivity index (χ3v) is 6.24. The van der Waals surface area contributed by atoms with Gasteiger partial charge in [-0.2, -0.15) is 0 Å². The predicted octanol–water partition coefficient (Wildman–Crippen LogP) is 6.23. The molecule has 0 atom stereocenters. The predicted molar refractivity (Wildman–Crippen MR) is 128 cm³/mol. The molecular weight excluding hydrogens is 412 g/mol. The van der Waals surface area contributed by atoms with E-state index in [-0.39, 0.29) is 5.91 Å². The highest BCUT2D eigenvalue weighted by atomic mass is 32.2. The largest absolute Gasteiger partial charge is 0.497 e. The van der Waals surface area contributed by atoms with Gasteiger partial charge in [-0.3, -0.25) is 9.69 Å². The maximum Gasteiger partial charge on any atom is 0.271 e. The summed E-state index contributed by atoms with van der Waals surface area (Å²) in [6, 6.07) is 25.2.